The van der Waals surface area contributed by atoms with Crippen LogP contribution in [0.2, 0.25) is 0 Å². The summed E-state index contributed by atoms with van der Waals surface area (Å²) in [5.74, 6) is 1.45. The Balaban J connectivity index is 1.39. The Labute approximate surface area is 164 Å². The summed E-state index contributed by atoms with van der Waals surface area (Å²) in [6.45, 7) is 4.58. The number of aryl methyl sites for hydroxylation is 1. The summed E-state index contributed by atoms with van der Waals surface area (Å²) >= 11 is 0. The van der Waals surface area contributed by atoms with Crippen LogP contribution in [0.5, 0.6) is 5.75 Å². The van der Waals surface area contributed by atoms with Crippen molar-refractivity contribution in [2.45, 2.75) is 32.2 Å². The number of nitrogens with zero attached hydrogens (tertiary/aromatic N) is 4. The number of piperidine rings is 1. The highest BCUT2D eigenvalue weighted by atomic mass is 16.5. The van der Waals surface area contributed by atoms with Crippen LogP contribution in [0.25, 0.3) is 0 Å². The number of ether oxygens (including phenoxy) is 1. The minimum absolute atomic E-state index is 0.0549. The second kappa shape index (κ2) is 9.93. The maximum atomic E-state index is 10.6. The first kappa shape index (κ1) is 19.9. The molecule has 152 valence electrons. The lowest BCUT2D eigenvalue weighted by Crippen LogP contribution is -2.29. The molecule has 1 aliphatic rings. The van der Waals surface area contributed by atoms with Crippen molar-refractivity contribution in [2.75, 3.05) is 36.9 Å². The van der Waals surface area contributed by atoms with E-state index in [0.29, 0.717) is 19.1 Å². The van der Waals surface area contributed by atoms with E-state index in [9.17, 15) is 4.79 Å². The number of amides is 1. The molecule has 9 heteroatoms. The summed E-state index contributed by atoms with van der Waals surface area (Å²) in [6.07, 6.45) is 3.53. The summed E-state index contributed by atoms with van der Waals surface area (Å²) in [5.41, 5.74) is 1.29. The van der Waals surface area contributed by atoms with Crippen LogP contribution < -0.4 is 15.4 Å². The van der Waals surface area contributed by atoms with Gasteiger partial charge in [0, 0.05) is 20.1 Å². The molecule has 1 aromatic carbocycles. The van der Waals surface area contributed by atoms with Crippen molar-refractivity contribution in [3.05, 3.63) is 29.8 Å². The smallest absolute Gasteiger partial charge is 0.411 e. The van der Waals surface area contributed by atoms with Gasteiger partial charge in [-0.2, -0.15) is 4.98 Å². The molecule has 0 atom stereocenters. The van der Waals surface area contributed by atoms with E-state index >= 15 is 0 Å². The van der Waals surface area contributed by atoms with Gasteiger partial charge in [-0.05, 0) is 50.0 Å². The fraction of sp³-hybridized carbons (Fsp3) is 0.526. The van der Waals surface area contributed by atoms with Gasteiger partial charge >= 0.3 is 6.09 Å². The average Bonchev–Trinajstić information content (AvgIpc) is 3.01. The van der Waals surface area contributed by atoms with Gasteiger partial charge in [0.2, 0.25) is 5.95 Å². The van der Waals surface area contributed by atoms with Crippen molar-refractivity contribution >= 4 is 18.0 Å². The van der Waals surface area contributed by atoms with Crippen molar-refractivity contribution in [2.24, 2.45) is 7.05 Å². The Kier molecular flexibility index (Phi) is 7.07. The highest BCUT2D eigenvalue weighted by Crippen LogP contribution is 2.17. The van der Waals surface area contributed by atoms with Crippen molar-refractivity contribution in [1.29, 1.82) is 0 Å². The van der Waals surface area contributed by atoms with Crippen LogP contribution >= 0.6 is 0 Å². The summed E-state index contributed by atoms with van der Waals surface area (Å²) in [4.78, 5) is 17.2. The standard InChI is InChI=1S/C19H28N6O3/c1-24-18(21-17(23-24)22-19(26)27)20-9-6-12-28-16-8-5-7-15(13-16)14-25-10-3-2-4-11-25/h5,7-8,13H,2-4,6,9-12,14H2,1H3,(H,26,27)(H2,20,21,22,23). The molecular weight excluding hydrogens is 360 g/mol. The average molecular weight is 388 g/mol. The van der Waals surface area contributed by atoms with Gasteiger partial charge in [0.15, 0.2) is 0 Å². The van der Waals surface area contributed by atoms with E-state index in [1.807, 2.05) is 12.1 Å². The zero-order chi connectivity index (χ0) is 19.8. The van der Waals surface area contributed by atoms with Gasteiger partial charge in [-0.15, -0.1) is 5.10 Å². The Hall–Kier alpha value is -2.81. The highest BCUT2D eigenvalue weighted by Gasteiger charge is 2.11. The number of benzene rings is 1. The second-order valence-corrected chi connectivity index (χ2v) is 6.93. The summed E-state index contributed by atoms with van der Waals surface area (Å²) in [6, 6.07) is 8.30. The molecule has 1 aromatic heterocycles. The molecule has 1 aliphatic heterocycles. The molecule has 0 spiro atoms. The Morgan fingerprint density at radius 3 is 2.89 bits per heavy atom. The van der Waals surface area contributed by atoms with Gasteiger partial charge in [-0.1, -0.05) is 18.6 Å². The lowest BCUT2D eigenvalue weighted by atomic mass is 10.1. The Bertz CT molecular complexity index is 773. The monoisotopic (exact) mass is 388 g/mol. The van der Waals surface area contributed by atoms with E-state index in [1.54, 1.807) is 7.05 Å². The maximum absolute atomic E-state index is 10.6. The van der Waals surface area contributed by atoms with E-state index in [4.69, 9.17) is 9.84 Å². The first-order chi connectivity index (χ1) is 13.6. The first-order valence-electron chi connectivity index (χ1n) is 9.69. The van der Waals surface area contributed by atoms with Crippen LogP contribution in [-0.2, 0) is 13.6 Å². The Morgan fingerprint density at radius 1 is 1.29 bits per heavy atom. The minimum atomic E-state index is -1.19. The molecule has 0 aliphatic carbocycles. The van der Waals surface area contributed by atoms with Crippen LogP contribution in [0.1, 0.15) is 31.2 Å². The number of hydrogen-bond donors (Lipinski definition) is 3. The largest absolute Gasteiger partial charge is 0.494 e. The highest BCUT2D eigenvalue weighted by molar-refractivity contribution is 5.80. The number of carboxylic acid groups (broad SMARTS) is 1. The van der Waals surface area contributed by atoms with Crippen LogP contribution in [-0.4, -0.2) is 57.1 Å². The molecule has 0 unspecified atom stereocenters. The van der Waals surface area contributed by atoms with Crippen LogP contribution in [0.15, 0.2) is 24.3 Å². The van der Waals surface area contributed by atoms with Crippen molar-refractivity contribution in [3.8, 4) is 5.75 Å². The third-order valence-corrected chi connectivity index (χ3v) is 4.61. The van der Waals surface area contributed by atoms with Crippen LogP contribution in [0, 0.1) is 0 Å². The van der Waals surface area contributed by atoms with Gasteiger partial charge in [0.05, 0.1) is 6.61 Å². The van der Waals surface area contributed by atoms with Gasteiger partial charge < -0.3 is 15.2 Å². The molecule has 2 aromatic rings. The molecule has 2 heterocycles. The van der Waals surface area contributed by atoms with Gasteiger partial charge in [-0.25, -0.2) is 9.48 Å². The fourth-order valence-electron chi connectivity index (χ4n) is 3.26. The zero-order valence-electron chi connectivity index (χ0n) is 16.2. The van der Waals surface area contributed by atoms with Crippen LogP contribution in [0.3, 0.4) is 0 Å². The number of carbonyl (C=O) groups is 1. The summed E-state index contributed by atoms with van der Waals surface area (Å²) < 4.78 is 7.37. The topological polar surface area (TPSA) is 105 Å². The summed E-state index contributed by atoms with van der Waals surface area (Å²) in [5, 5.41) is 17.9. The van der Waals surface area contributed by atoms with Gasteiger partial charge in [0.1, 0.15) is 5.75 Å². The molecule has 28 heavy (non-hydrogen) atoms. The maximum Gasteiger partial charge on any atom is 0.411 e. The van der Waals surface area contributed by atoms with E-state index in [0.717, 1.165) is 18.7 Å². The van der Waals surface area contributed by atoms with Gasteiger partial charge in [0.25, 0.3) is 5.95 Å². The molecule has 9 nitrogen and oxygen atoms in total. The number of rotatable bonds is 9. The first-order valence-corrected chi connectivity index (χ1v) is 9.69. The predicted molar refractivity (Wildman–Crippen MR) is 107 cm³/mol. The predicted octanol–water partition coefficient (Wildman–Crippen LogP) is 2.77. The third kappa shape index (κ3) is 6.12. The normalized spacial score (nSPS) is 14.6. The minimum Gasteiger partial charge on any atom is -0.494 e. The number of aromatic nitrogens is 3. The molecule has 1 amide bonds. The lowest BCUT2D eigenvalue weighted by molar-refractivity contribution is 0.209. The fourth-order valence-corrected chi connectivity index (χ4v) is 3.26. The van der Waals surface area contributed by atoms with E-state index in [1.165, 1.54) is 42.6 Å². The van der Waals surface area contributed by atoms with Crippen molar-refractivity contribution in [1.82, 2.24) is 19.7 Å². The number of anilines is 2. The molecular formula is C19H28N6O3. The number of nitrogens with one attached hydrogen (secondary N) is 2. The van der Waals surface area contributed by atoms with E-state index in [2.05, 4.69) is 37.7 Å². The molecule has 3 rings (SSSR count). The Morgan fingerprint density at radius 2 is 2.11 bits per heavy atom. The third-order valence-electron chi connectivity index (χ3n) is 4.61. The molecule has 1 fully saturated rings. The van der Waals surface area contributed by atoms with E-state index < -0.39 is 6.09 Å². The van der Waals surface area contributed by atoms with Crippen molar-refractivity contribution < 1.29 is 14.6 Å². The molecule has 1 saturated heterocycles. The summed E-state index contributed by atoms with van der Waals surface area (Å²) in [7, 11) is 1.70. The lowest BCUT2D eigenvalue weighted by Gasteiger charge is -2.26. The number of hydrogen-bond acceptors (Lipinski definition) is 6. The van der Waals surface area contributed by atoms with Crippen LogP contribution in [0.4, 0.5) is 16.7 Å². The molecule has 0 saturated carbocycles. The quantitative estimate of drug-likeness (QED) is 0.567. The van der Waals surface area contributed by atoms with Gasteiger partial charge in [-0.3, -0.25) is 10.2 Å². The molecule has 0 radical (unpaired) electrons. The van der Waals surface area contributed by atoms with E-state index in [-0.39, 0.29) is 5.95 Å². The molecule has 3 N–H and O–H groups in total. The number of likely N-dealkylation sites (tertiary alicyclic amines) is 1. The second-order valence-electron chi connectivity index (χ2n) is 6.93. The van der Waals surface area contributed by atoms with Crippen molar-refractivity contribution in [3.63, 3.8) is 0 Å². The molecule has 0 bridgehead atoms. The zero-order valence-corrected chi connectivity index (χ0v) is 16.2. The SMILES string of the molecule is Cn1nc(NC(=O)O)nc1NCCCOc1cccc(CN2CCCCC2)c1.